The van der Waals surface area contributed by atoms with Crippen LogP contribution in [0, 0.1) is 0 Å². The first-order valence-corrected chi connectivity index (χ1v) is 10.2. The van der Waals surface area contributed by atoms with Gasteiger partial charge in [0.05, 0.1) is 15.7 Å². The summed E-state index contributed by atoms with van der Waals surface area (Å²) in [5.74, 6) is -0.863. The van der Waals surface area contributed by atoms with Gasteiger partial charge >= 0.3 is 12.3 Å². The smallest absolute Gasteiger partial charge is 0.487 e. The number of carbonyl (C=O) groups is 2. The Kier molecular flexibility index (Phi) is 6.31. The van der Waals surface area contributed by atoms with Crippen molar-refractivity contribution in [1.82, 2.24) is 4.98 Å². The molecular weight excluding hydrogens is 497 g/mol. The van der Waals surface area contributed by atoms with E-state index in [2.05, 4.69) is 25.1 Å². The monoisotopic (exact) mass is 510 g/mol. The molecule has 2 heterocycles. The number of primary amides is 1. The number of halogens is 4. The number of nitrogens with zero attached hydrogens (tertiary/aromatic N) is 1. The molecule has 0 atom stereocenters. The molecule has 1 aliphatic heterocycles. The number of hydrogen-bond donors (Lipinski definition) is 3. The number of aromatic nitrogens is 1. The minimum Gasteiger partial charge on any atom is -0.487 e. The summed E-state index contributed by atoms with van der Waals surface area (Å²) in [6.45, 7) is 0.0254. The molecule has 1 aromatic heterocycles. The van der Waals surface area contributed by atoms with Gasteiger partial charge < -0.3 is 30.6 Å². The maximum Gasteiger partial charge on any atom is 0.586 e. The van der Waals surface area contributed by atoms with Crippen LogP contribution in [0.15, 0.2) is 48.7 Å². The molecule has 4 N–H and O–H groups in total. The Hall–Kier alpha value is -3.83. The number of alkyl halides is 2. The first-order valence-electron chi connectivity index (χ1n) is 9.44. The summed E-state index contributed by atoms with van der Waals surface area (Å²) in [5.41, 5.74) is 6.24. The number of benzene rings is 2. The van der Waals surface area contributed by atoms with Gasteiger partial charge in [0.2, 0.25) is 0 Å². The van der Waals surface area contributed by atoms with Gasteiger partial charge in [-0.05, 0) is 35.9 Å². The van der Waals surface area contributed by atoms with E-state index < -0.39 is 18.2 Å². The third kappa shape index (κ3) is 5.38. The second-order valence-electron chi connectivity index (χ2n) is 6.87. The largest absolute Gasteiger partial charge is 0.586 e. The van der Waals surface area contributed by atoms with Crippen LogP contribution in [0.3, 0.4) is 0 Å². The summed E-state index contributed by atoms with van der Waals surface area (Å²) in [5, 5.41) is 5.29. The highest BCUT2D eigenvalue weighted by molar-refractivity contribution is 6.37. The van der Waals surface area contributed by atoms with Crippen molar-refractivity contribution in [3.05, 3.63) is 70.0 Å². The van der Waals surface area contributed by atoms with Crippen LogP contribution < -0.4 is 30.6 Å². The summed E-state index contributed by atoms with van der Waals surface area (Å²) in [7, 11) is 0. The Morgan fingerprint density at radius 2 is 1.79 bits per heavy atom. The van der Waals surface area contributed by atoms with Crippen LogP contribution in [0.2, 0.25) is 10.0 Å². The molecule has 13 heteroatoms. The fraction of sp³-hybridized carbons (Fsp3) is 0.0952. The molecule has 3 aromatic rings. The Balaban J connectivity index is 1.43. The van der Waals surface area contributed by atoms with Crippen LogP contribution in [-0.2, 0) is 6.61 Å². The van der Waals surface area contributed by atoms with Crippen molar-refractivity contribution in [3.63, 3.8) is 0 Å². The molecule has 0 spiro atoms. The van der Waals surface area contributed by atoms with Crippen LogP contribution in [-0.4, -0.2) is 23.2 Å². The molecule has 0 radical (unpaired) electrons. The minimum atomic E-state index is -3.77. The summed E-state index contributed by atoms with van der Waals surface area (Å²) in [4.78, 5) is 27.5. The number of ether oxygens (including phenoxy) is 3. The van der Waals surface area contributed by atoms with E-state index >= 15 is 0 Å². The quantitative estimate of drug-likeness (QED) is 0.427. The van der Waals surface area contributed by atoms with Crippen LogP contribution >= 0.6 is 23.2 Å². The highest BCUT2D eigenvalue weighted by atomic mass is 35.5. The van der Waals surface area contributed by atoms with E-state index in [9.17, 15) is 18.4 Å². The van der Waals surface area contributed by atoms with Crippen molar-refractivity contribution in [1.29, 1.82) is 0 Å². The number of carbonyl (C=O) groups excluding carboxylic acids is 2. The van der Waals surface area contributed by atoms with Crippen LogP contribution in [0.1, 0.15) is 16.1 Å². The molecule has 176 valence electrons. The molecule has 0 unspecified atom stereocenters. The molecule has 34 heavy (non-hydrogen) atoms. The van der Waals surface area contributed by atoms with Gasteiger partial charge in [-0.2, -0.15) is 0 Å². The van der Waals surface area contributed by atoms with Crippen molar-refractivity contribution in [2.24, 2.45) is 5.73 Å². The molecule has 4 rings (SSSR count). The number of hydrogen-bond acceptors (Lipinski definition) is 6. The van der Waals surface area contributed by atoms with E-state index in [4.69, 9.17) is 33.7 Å². The van der Waals surface area contributed by atoms with E-state index in [1.807, 2.05) is 0 Å². The summed E-state index contributed by atoms with van der Waals surface area (Å²) in [6, 6.07) is 8.93. The zero-order valence-electron chi connectivity index (χ0n) is 16.9. The van der Waals surface area contributed by atoms with Crippen molar-refractivity contribution in [2.75, 3.05) is 10.6 Å². The average Bonchev–Trinajstić information content (AvgIpc) is 3.08. The Morgan fingerprint density at radius 1 is 1.03 bits per heavy atom. The van der Waals surface area contributed by atoms with Crippen molar-refractivity contribution >= 4 is 46.5 Å². The third-order valence-electron chi connectivity index (χ3n) is 4.40. The topological polar surface area (TPSA) is 125 Å². The van der Waals surface area contributed by atoms with Gasteiger partial charge in [-0.3, -0.25) is 9.78 Å². The van der Waals surface area contributed by atoms with Gasteiger partial charge in [0.1, 0.15) is 18.1 Å². The van der Waals surface area contributed by atoms with Gasteiger partial charge in [-0.15, -0.1) is 8.78 Å². The Morgan fingerprint density at radius 3 is 2.56 bits per heavy atom. The molecule has 1 aliphatic rings. The molecule has 0 bridgehead atoms. The highest BCUT2D eigenvalue weighted by Crippen LogP contribution is 2.42. The number of amides is 3. The summed E-state index contributed by atoms with van der Waals surface area (Å²) in [6.07, 6.45) is -2.36. The number of pyridine rings is 1. The fourth-order valence-electron chi connectivity index (χ4n) is 2.91. The van der Waals surface area contributed by atoms with Gasteiger partial charge in [-0.25, -0.2) is 4.79 Å². The first-order chi connectivity index (χ1) is 16.1. The SMILES string of the molecule is NC(=O)c1cc(COc2cc(NC(=O)Nc3ccc4c(c3)OC(F)(F)O4)c(Cl)cc2Cl)ccn1. The van der Waals surface area contributed by atoms with E-state index in [-0.39, 0.29) is 51.0 Å². The van der Waals surface area contributed by atoms with Crippen molar-refractivity contribution in [3.8, 4) is 17.2 Å². The molecule has 2 aromatic carbocycles. The fourth-order valence-corrected chi connectivity index (χ4v) is 3.39. The molecule has 0 saturated carbocycles. The number of nitrogens with one attached hydrogen (secondary N) is 2. The third-order valence-corrected chi connectivity index (χ3v) is 5.01. The number of nitrogens with two attached hydrogens (primary N) is 1. The number of anilines is 2. The molecular formula is C21H14Cl2F2N4O5. The van der Waals surface area contributed by atoms with Gasteiger partial charge in [0, 0.05) is 24.0 Å². The summed E-state index contributed by atoms with van der Waals surface area (Å²) < 4.78 is 40.7. The maximum absolute atomic E-state index is 13.2. The van der Waals surface area contributed by atoms with E-state index in [0.717, 1.165) is 0 Å². The van der Waals surface area contributed by atoms with Crippen LogP contribution in [0.5, 0.6) is 17.2 Å². The van der Waals surface area contributed by atoms with E-state index in [1.54, 1.807) is 6.07 Å². The second-order valence-corrected chi connectivity index (χ2v) is 7.69. The van der Waals surface area contributed by atoms with Gasteiger partial charge in [0.25, 0.3) is 5.91 Å². The first kappa shape index (κ1) is 23.3. The molecule has 0 saturated heterocycles. The summed E-state index contributed by atoms with van der Waals surface area (Å²) >= 11 is 12.3. The normalized spacial score (nSPS) is 13.3. The Labute approximate surface area is 200 Å². The zero-order valence-corrected chi connectivity index (χ0v) is 18.4. The Bertz CT molecular complexity index is 1290. The van der Waals surface area contributed by atoms with Gasteiger partial charge in [0.15, 0.2) is 11.5 Å². The molecule has 0 fully saturated rings. The van der Waals surface area contributed by atoms with E-state index in [0.29, 0.717) is 5.56 Å². The lowest BCUT2D eigenvalue weighted by Gasteiger charge is -2.13. The molecule has 3 amide bonds. The lowest BCUT2D eigenvalue weighted by molar-refractivity contribution is -0.286. The highest BCUT2D eigenvalue weighted by Gasteiger charge is 2.43. The average molecular weight is 511 g/mol. The van der Waals surface area contributed by atoms with E-state index in [1.165, 1.54) is 42.6 Å². The zero-order chi connectivity index (χ0) is 24.5. The molecule has 9 nitrogen and oxygen atoms in total. The van der Waals surface area contributed by atoms with Gasteiger partial charge in [-0.1, -0.05) is 23.2 Å². The lowest BCUT2D eigenvalue weighted by Crippen LogP contribution is -2.25. The van der Waals surface area contributed by atoms with Crippen molar-refractivity contribution < 1.29 is 32.6 Å². The lowest BCUT2D eigenvalue weighted by atomic mass is 10.2. The predicted molar refractivity (Wildman–Crippen MR) is 119 cm³/mol. The molecule has 0 aliphatic carbocycles. The number of fused-ring (bicyclic) bond motifs is 1. The van der Waals surface area contributed by atoms with Crippen LogP contribution in [0.4, 0.5) is 25.0 Å². The standard InChI is InChI=1S/C21H14Cl2F2N4O5/c22-12-7-13(23)17(32-9-10-3-4-27-15(5-10)19(26)30)8-14(12)29-20(31)28-11-1-2-16-18(6-11)34-21(24,25)33-16/h1-8H,9H2,(H2,26,30)(H2,28,29,31). The minimum absolute atomic E-state index is 0.0254. The number of rotatable bonds is 6. The van der Waals surface area contributed by atoms with Crippen molar-refractivity contribution in [2.45, 2.75) is 12.9 Å². The second kappa shape index (κ2) is 9.20. The van der Waals surface area contributed by atoms with Crippen LogP contribution in [0.25, 0.3) is 0 Å². The maximum atomic E-state index is 13.2. The predicted octanol–water partition coefficient (Wildman–Crippen LogP) is 5.03. The number of urea groups is 1.